The second-order valence-electron chi connectivity index (χ2n) is 4.13. The average Bonchev–Trinajstić information content (AvgIpc) is 3.05. The summed E-state index contributed by atoms with van der Waals surface area (Å²) in [6, 6.07) is 7.66. The number of nitrogens with zero attached hydrogens (tertiary/aromatic N) is 1. The van der Waals surface area contributed by atoms with Gasteiger partial charge in [-0.3, -0.25) is 0 Å². The Labute approximate surface area is 127 Å². The van der Waals surface area contributed by atoms with Crippen LogP contribution in [0, 0.1) is 11.3 Å². The first-order valence-corrected chi connectivity index (χ1v) is 7.12. The SMILES string of the molecule is COc1cc(OC)c(OC)cc1C=C(C#N)c1ccsc1. The van der Waals surface area contributed by atoms with Gasteiger partial charge in [-0.25, -0.2) is 0 Å². The van der Waals surface area contributed by atoms with Crippen molar-refractivity contribution in [1.82, 2.24) is 0 Å². The Morgan fingerprint density at radius 1 is 1.10 bits per heavy atom. The number of methoxy groups -OCH3 is 3. The zero-order valence-corrected chi connectivity index (χ0v) is 12.9. The van der Waals surface area contributed by atoms with Gasteiger partial charge in [0.1, 0.15) is 5.75 Å². The minimum Gasteiger partial charge on any atom is -0.496 e. The molecule has 0 aliphatic carbocycles. The van der Waals surface area contributed by atoms with Gasteiger partial charge in [-0.2, -0.15) is 16.6 Å². The second kappa shape index (κ2) is 6.82. The summed E-state index contributed by atoms with van der Waals surface area (Å²) in [6.45, 7) is 0. The summed E-state index contributed by atoms with van der Waals surface area (Å²) in [5.74, 6) is 1.79. The Morgan fingerprint density at radius 2 is 1.76 bits per heavy atom. The molecule has 5 heteroatoms. The number of hydrogen-bond acceptors (Lipinski definition) is 5. The third kappa shape index (κ3) is 3.18. The maximum Gasteiger partial charge on any atom is 0.164 e. The monoisotopic (exact) mass is 301 g/mol. The minimum atomic E-state index is 0.571. The van der Waals surface area contributed by atoms with Crippen LogP contribution in [0.3, 0.4) is 0 Å². The topological polar surface area (TPSA) is 51.5 Å². The smallest absolute Gasteiger partial charge is 0.164 e. The van der Waals surface area contributed by atoms with Gasteiger partial charge in [0.25, 0.3) is 0 Å². The van der Waals surface area contributed by atoms with Crippen molar-refractivity contribution in [3.8, 4) is 23.3 Å². The van der Waals surface area contributed by atoms with Gasteiger partial charge in [0.2, 0.25) is 0 Å². The van der Waals surface area contributed by atoms with E-state index in [2.05, 4.69) is 6.07 Å². The molecular weight excluding hydrogens is 286 g/mol. The normalized spacial score (nSPS) is 10.9. The van der Waals surface area contributed by atoms with Gasteiger partial charge in [-0.15, -0.1) is 0 Å². The molecule has 2 aromatic rings. The number of allylic oxidation sites excluding steroid dienone is 1. The molecule has 1 aromatic heterocycles. The van der Waals surface area contributed by atoms with Crippen LogP contribution in [0.1, 0.15) is 11.1 Å². The van der Waals surface area contributed by atoms with Crippen molar-refractivity contribution in [2.75, 3.05) is 21.3 Å². The number of hydrogen-bond donors (Lipinski definition) is 0. The predicted molar refractivity (Wildman–Crippen MR) is 83.9 cm³/mol. The van der Waals surface area contributed by atoms with Crippen molar-refractivity contribution >= 4 is 23.0 Å². The van der Waals surface area contributed by atoms with Gasteiger partial charge in [-0.1, -0.05) is 0 Å². The number of rotatable bonds is 5. The van der Waals surface area contributed by atoms with Crippen molar-refractivity contribution in [2.45, 2.75) is 0 Å². The highest BCUT2D eigenvalue weighted by molar-refractivity contribution is 7.08. The molecule has 0 saturated carbocycles. The van der Waals surface area contributed by atoms with E-state index < -0.39 is 0 Å². The molecular formula is C16H15NO3S. The summed E-state index contributed by atoms with van der Waals surface area (Å²) in [6.07, 6.45) is 1.78. The molecule has 21 heavy (non-hydrogen) atoms. The van der Waals surface area contributed by atoms with Gasteiger partial charge in [0, 0.05) is 17.2 Å². The Hall–Kier alpha value is -2.45. The summed E-state index contributed by atoms with van der Waals surface area (Å²) in [7, 11) is 4.72. The van der Waals surface area contributed by atoms with E-state index in [1.807, 2.05) is 16.8 Å². The highest BCUT2D eigenvalue weighted by Crippen LogP contribution is 2.36. The van der Waals surface area contributed by atoms with Gasteiger partial charge >= 0.3 is 0 Å². The molecule has 0 unspecified atom stereocenters. The van der Waals surface area contributed by atoms with Crippen LogP contribution in [-0.4, -0.2) is 21.3 Å². The molecule has 1 heterocycles. The number of ether oxygens (including phenoxy) is 3. The lowest BCUT2D eigenvalue weighted by molar-refractivity contribution is 0.348. The fourth-order valence-electron chi connectivity index (χ4n) is 1.92. The molecule has 0 saturated heterocycles. The number of benzene rings is 1. The molecule has 108 valence electrons. The second-order valence-corrected chi connectivity index (χ2v) is 4.91. The number of nitriles is 1. The lowest BCUT2D eigenvalue weighted by atomic mass is 10.1. The molecule has 0 radical (unpaired) electrons. The maximum absolute atomic E-state index is 9.34. The average molecular weight is 301 g/mol. The van der Waals surface area contributed by atoms with E-state index in [9.17, 15) is 5.26 Å². The van der Waals surface area contributed by atoms with Crippen LogP contribution < -0.4 is 14.2 Å². The lowest BCUT2D eigenvalue weighted by Gasteiger charge is -2.12. The van der Waals surface area contributed by atoms with E-state index in [1.165, 1.54) is 0 Å². The van der Waals surface area contributed by atoms with Crippen molar-refractivity contribution in [3.63, 3.8) is 0 Å². The maximum atomic E-state index is 9.34. The molecule has 0 N–H and O–H groups in total. The Bertz CT molecular complexity index is 684. The van der Waals surface area contributed by atoms with E-state index in [0.717, 1.165) is 11.1 Å². The van der Waals surface area contributed by atoms with Crippen molar-refractivity contribution < 1.29 is 14.2 Å². The lowest BCUT2D eigenvalue weighted by Crippen LogP contribution is -1.94. The molecule has 2 rings (SSSR count). The van der Waals surface area contributed by atoms with Gasteiger partial charge in [-0.05, 0) is 29.0 Å². The minimum absolute atomic E-state index is 0.571. The molecule has 4 nitrogen and oxygen atoms in total. The van der Waals surface area contributed by atoms with Crippen molar-refractivity contribution in [3.05, 3.63) is 40.1 Å². The van der Waals surface area contributed by atoms with Crippen LogP contribution in [0.4, 0.5) is 0 Å². The summed E-state index contributed by atoms with van der Waals surface area (Å²) in [5.41, 5.74) is 2.22. The Kier molecular flexibility index (Phi) is 4.85. The zero-order valence-electron chi connectivity index (χ0n) is 12.0. The standard InChI is InChI=1S/C16H15NO3S/c1-18-14-8-16(20-3)15(19-2)7-12(14)6-13(9-17)11-4-5-21-10-11/h4-8,10H,1-3H3. The van der Waals surface area contributed by atoms with E-state index in [0.29, 0.717) is 22.8 Å². The largest absolute Gasteiger partial charge is 0.496 e. The van der Waals surface area contributed by atoms with Gasteiger partial charge in [0.15, 0.2) is 11.5 Å². The first kappa shape index (κ1) is 14.9. The van der Waals surface area contributed by atoms with E-state index >= 15 is 0 Å². The van der Waals surface area contributed by atoms with Crippen LogP contribution in [0.25, 0.3) is 11.6 Å². The summed E-state index contributed by atoms with van der Waals surface area (Å²) in [5, 5.41) is 13.2. The number of thiophene rings is 1. The highest BCUT2D eigenvalue weighted by Gasteiger charge is 2.12. The molecule has 0 aliphatic heterocycles. The first-order valence-electron chi connectivity index (χ1n) is 6.17. The predicted octanol–water partition coefficient (Wildman–Crippen LogP) is 3.84. The molecule has 0 atom stereocenters. The van der Waals surface area contributed by atoms with Gasteiger partial charge < -0.3 is 14.2 Å². The summed E-state index contributed by atoms with van der Waals surface area (Å²) >= 11 is 1.55. The highest BCUT2D eigenvalue weighted by atomic mass is 32.1. The molecule has 0 aliphatic rings. The molecule has 1 aromatic carbocycles. The summed E-state index contributed by atoms with van der Waals surface area (Å²) in [4.78, 5) is 0. The molecule has 0 bridgehead atoms. The van der Waals surface area contributed by atoms with Crippen LogP contribution in [0.5, 0.6) is 17.2 Å². The fourth-order valence-corrected chi connectivity index (χ4v) is 2.57. The molecule has 0 amide bonds. The first-order chi connectivity index (χ1) is 10.2. The van der Waals surface area contributed by atoms with Gasteiger partial charge in [0.05, 0.1) is 33.0 Å². The van der Waals surface area contributed by atoms with Crippen LogP contribution in [-0.2, 0) is 0 Å². The van der Waals surface area contributed by atoms with Crippen LogP contribution in [0.2, 0.25) is 0 Å². The van der Waals surface area contributed by atoms with E-state index in [4.69, 9.17) is 14.2 Å². The third-order valence-electron chi connectivity index (χ3n) is 2.99. The third-order valence-corrected chi connectivity index (χ3v) is 3.67. The fraction of sp³-hybridized carbons (Fsp3) is 0.188. The van der Waals surface area contributed by atoms with E-state index in [-0.39, 0.29) is 0 Å². The van der Waals surface area contributed by atoms with E-state index in [1.54, 1.807) is 50.9 Å². The van der Waals surface area contributed by atoms with Crippen LogP contribution >= 0.6 is 11.3 Å². The molecule has 0 spiro atoms. The Morgan fingerprint density at radius 3 is 2.29 bits per heavy atom. The van der Waals surface area contributed by atoms with Crippen LogP contribution in [0.15, 0.2) is 29.0 Å². The quantitative estimate of drug-likeness (QED) is 0.787. The summed E-state index contributed by atoms with van der Waals surface area (Å²) < 4.78 is 15.9. The molecule has 0 fully saturated rings. The Balaban J connectivity index is 2.55. The van der Waals surface area contributed by atoms with Crippen molar-refractivity contribution in [1.29, 1.82) is 5.26 Å². The zero-order chi connectivity index (χ0) is 15.2. The van der Waals surface area contributed by atoms with Crippen molar-refractivity contribution in [2.24, 2.45) is 0 Å².